The molecule has 0 saturated heterocycles. The summed E-state index contributed by atoms with van der Waals surface area (Å²) in [6.45, 7) is 1.59. The van der Waals surface area contributed by atoms with E-state index in [-0.39, 0.29) is 23.8 Å². The molecule has 0 aliphatic carbocycles. The van der Waals surface area contributed by atoms with Gasteiger partial charge in [0.15, 0.2) is 13.2 Å². The third-order valence-electron chi connectivity index (χ3n) is 4.64. The second kappa shape index (κ2) is 12.6. The summed E-state index contributed by atoms with van der Waals surface area (Å²) in [5, 5.41) is 5.37. The number of hydrogen-bond acceptors (Lipinski definition) is 7. The number of nitrogens with two attached hydrogens (primary N) is 1. The van der Waals surface area contributed by atoms with Crippen LogP contribution in [0.15, 0.2) is 72.8 Å². The molecule has 36 heavy (non-hydrogen) atoms. The van der Waals surface area contributed by atoms with Gasteiger partial charge >= 0.3 is 5.97 Å². The smallest absolute Gasteiger partial charge is 0.338 e. The van der Waals surface area contributed by atoms with Gasteiger partial charge in [-0.1, -0.05) is 6.07 Å². The first-order valence-corrected chi connectivity index (χ1v) is 11.0. The number of nitrogens with one attached hydrogen (secondary N) is 2. The van der Waals surface area contributed by atoms with E-state index in [1.807, 2.05) is 6.92 Å². The van der Waals surface area contributed by atoms with Crippen LogP contribution in [0.5, 0.6) is 11.5 Å². The van der Waals surface area contributed by atoms with E-state index in [2.05, 4.69) is 10.6 Å². The minimum absolute atomic E-state index is 0.146. The lowest BCUT2D eigenvalue weighted by Gasteiger charge is -2.09. The van der Waals surface area contributed by atoms with E-state index in [0.717, 1.165) is 0 Å². The first-order valence-electron chi connectivity index (χ1n) is 11.0. The van der Waals surface area contributed by atoms with Crippen LogP contribution in [0.4, 0.5) is 11.4 Å². The second-order valence-electron chi connectivity index (χ2n) is 7.40. The molecule has 0 aliphatic rings. The highest BCUT2D eigenvalue weighted by atomic mass is 16.5. The minimum Gasteiger partial charge on any atom is -0.494 e. The SMILES string of the molecule is CCOc1ccc(NC(=O)c2ccc(NC(=O)COC(=O)c3cccc(OCC(N)=O)c3)cc2)cc1. The molecule has 0 radical (unpaired) electrons. The molecule has 0 fully saturated rings. The standard InChI is InChI=1S/C26H25N3O7/c1-2-34-21-12-10-20(11-13-21)29-25(32)17-6-8-19(9-7-17)28-24(31)16-36-26(33)18-4-3-5-22(14-18)35-15-23(27)30/h3-14H,2,15-16H2,1H3,(H2,27,30)(H,28,31)(H,29,32). The van der Waals surface area contributed by atoms with Gasteiger partial charge in [-0.3, -0.25) is 14.4 Å². The van der Waals surface area contributed by atoms with Crippen molar-refractivity contribution in [3.63, 3.8) is 0 Å². The number of benzene rings is 3. The molecule has 0 aromatic heterocycles. The van der Waals surface area contributed by atoms with Crippen LogP contribution in [0.3, 0.4) is 0 Å². The first-order chi connectivity index (χ1) is 17.3. The molecule has 0 heterocycles. The molecule has 0 bridgehead atoms. The fourth-order valence-corrected chi connectivity index (χ4v) is 2.99. The third-order valence-corrected chi connectivity index (χ3v) is 4.64. The van der Waals surface area contributed by atoms with Gasteiger partial charge in [0.2, 0.25) is 0 Å². The van der Waals surface area contributed by atoms with Crippen molar-refractivity contribution in [3.05, 3.63) is 83.9 Å². The fourth-order valence-electron chi connectivity index (χ4n) is 2.99. The summed E-state index contributed by atoms with van der Waals surface area (Å²) in [7, 11) is 0. The van der Waals surface area contributed by atoms with E-state index in [1.54, 1.807) is 60.7 Å². The normalized spacial score (nSPS) is 10.1. The Bertz CT molecular complexity index is 1230. The van der Waals surface area contributed by atoms with Gasteiger partial charge in [0.1, 0.15) is 11.5 Å². The highest BCUT2D eigenvalue weighted by molar-refractivity contribution is 6.04. The summed E-state index contributed by atoms with van der Waals surface area (Å²) in [4.78, 5) is 47.6. The topological polar surface area (TPSA) is 146 Å². The Morgan fingerprint density at radius 3 is 2.08 bits per heavy atom. The van der Waals surface area contributed by atoms with Gasteiger partial charge in [0, 0.05) is 16.9 Å². The second-order valence-corrected chi connectivity index (χ2v) is 7.40. The van der Waals surface area contributed by atoms with Crippen molar-refractivity contribution >= 4 is 35.1 Å². The summed E-state index contributed by atoms with van der Waals surface area (Å²) in [6.07, 6.45) is 0. The van der Waals surface area contributed by atoms with Gasteiger partial charge in [-0.2, -0.15) is 0 Å². The van der Waals surface area contributed by atoms with Crippen molar-refractivity contribution in [2.24, 2.45) is 5.73 Å². The van der Waals surface area contributed by atoms with Crippen molar-refractivity contribution in [1.29, 1.82) is 0 Å². The van der Waals surface area contributed by atoms with Crippen molar-refractivity contribution in [3.8, 4) is 11.5 Å². The Kier molecular flexibility index (Phi) is 8.99. The molecular formula is C26H25N3O7. The van der Waals surface area contributed by atoms with E-state index in [0.29, 0.717) is 29.3 Å². The molecule has 0 atom stereocenters. The molecule has 0 spiro atoms. The summed E-state index contributed by atoms with van der Waals surface area (Å²) in [5.41, 5.74) is 6.61. The molecule has 0 saturated carbocycles. The van der Waals surface area contributed by atoms with Gasteiger partial charge in [-0.25, -0.2) is 4.79 Å². The van der Waals surface area contributed by atoms with Crippen LogP contribution in [-0.4, -0.2) is 43.5 Å². The van der Waals surface area contributed by atoms with Crippen LogP contribution in [0.1, 0.15) is 27.6 Å². The quantitative estimate of drug-likeness (QED) is 0.350. The maximum absolute atomic E-state index is 12.4. The van der Waals surface area contributed by atoms with E-state index in [4.69, 9.17) is 19.9 Å². The number of anilines is 2. The van der Waals surface area contributed by atoms with Gasteiger partial charge in [-0.05, 0) is 73.7 Å². The average molecular weight is 492 g/mol. The molecule has 0 aliphatic heterocycles. The largest absolute Gasteiger partial charge is 0.494 e. The zero-order valence-electron chi connectivity index (χ0n) is 19.5. The van der Waals surface area contributed by atoms with E-state index >= 15 is 0 Å². The predicted molar refractivity (Wildman–Crippen MR) is 132 cm³/mol. The van der Waals surface area contributed by atoms with Gasteiger partial charge < -0.3 is 30.6 Å². The molecule has 4 N–H and O–H groups in total. The maximum atomic E-state index is 12.4. The molecule has 3 aromatic rings. The number of carbonyl (C=O) groups excluding carboxylic acids is 4. The molecule has 3 aromatic carbocycles. The zero-order chi connectivity index (χ0) is 25.9. The van der Waals surface area contributed by atoms with Crippen molar-refractivity contribution in [2.75, 3.05) is 30.5 Å². The Morgan fingerprint density at radius 1 is 0.750 bits per heavy atom. The lowest BCUT2D eigenvalue weighted by atomic mass is 10.2. The summed E-state index contributed by atoms with van der Waals surface area (Å²) in [5.74, 6) is -1.29. The summed E-state index contributed by atoms with van der Waals surface area (Å²) >= 11 is 0. The molecule has 186 valence electrons. The molecular weight excluding hydrogens is 466 g/mol. The molecule has 3 rings (SSSR count). The summed E-state index contributed by atoms with van der Waals surface area (Å²) < 4.78 is 15.5. The highest BCUT2D eigenvalue weighted by Crippen LogP contribution is 2.18. The Labute approximate surface area is 207 Å². The number of amides is 3. The van der Waals surface area contributed by atoms with Gasteiger partial charge in [-0.15, -0.1) is 0 Å². The number of esters is 1. The maximum Gasteiger partial charge on any atom is 0.338 e. The Morgan fingerprint density at radius 2 is 1.42 bits per heavy atom. The summed E-state index contributed by atoms with van der Waals surface area (Å²) in [6, 6.07) is 19.2. The first kappa shape index (κ1) is 25.8. The number of ether oxygens (including phenoxy) is 3. The lowest BCUT2D eigenvalue weighted by Crippen LogP contribution is -2.21. The lowest BCUT2D eigenvalue weighted by molar-refractivity contribution is -0.120. The fraction of sp³-hybridized carbons (Fsp3) is 0.154. The number of rotatable bonds is 11. The van der Waals surface area contributed by atoms with Crippen LogP contribution < -0.4 is 25.8 Å². The monoisotopic (exact) mass is 491 g/mol. The molecule has 10 nitrogen and oxygen atoms in total. The van der Waals surface area contributed by atoms with Crippen molar-refractivity contribution in [2.45, 2.75) is 6.92 Å². The zero-order valence-corrected chi connectivity index (χ0v) is 19.5. The number of carbonyl (C=O) groups is 4. The van der Waals surface area contributed by atoms with Crippen LogP contribution in [0.2, 0.25) is 0 Å². The third kappa shape index (κ3) is 7.87. The number of primary amides is 1. The van der Waals surface area contributed by atoms with E-state index in [9.17, 15) is 19.2 Å². The Hall–Kier alpha value is -4.86. The molecule has 3 amide bonds. The molecule has 0 unspecified atom stereocenters. The van der Waals surface area contributed by atoms with Crippen LogP contribution in [-0.2, 0) is 14.3 Å². The van der Waals surface area contributed by atoms with Crippen LogP contribution >= 0.6 is 0 Å². The van der Waals surface area contributed by atoms with Crippen LogP contribution in [0, 0.1) is 0 Å². The van der Waals surface area contributed by atoms with E-state index < -0.39 is 24.4 Å². The minimum atomic E-state index is -0.740. The Balaban J connectivity index is 1.48. The van der Waals surface area contributed by atoms with E-state index in [1.165, 1.54) is 12.1 Å². The van der Waals surface area contributed by atoms with Crippen molar-refractivity contribution < 1.29 is 33.4 Å². The highest BCUT2D eigenvalue weighted by Gasteiger charge is 2.12. The van der Waals surface area contributed by atoms with Gasteiger partial charge in [0.25, 0.3) is 17.7 Å². The average Bonchev–Trinajstić information content (AvgIpc) is 2.88. The predicted octanol–water partition coefficient (Wildman–Crippen LogP) is 3.00. The van der Waals surface area contributed by atoms with Crippen LogP contribution in [0.25, 0.3) is 0 Å². The van der Waals surface area contributed by atoms with Gasteiger partial charge in [0.05, 0.1) is 12.2 Å². The van der Waals surface area contributed by atoms with Crippen molar-refractivity contribution in [1.82, 2.24) is 0 Å². The molecule has 10 heteroatoms. The number of hydrogen-bond donors (Lipinski definition) is 3.